The van der Waals surface area contributed by atoms with Gasteiger partial charge in [0.25, 0.3) is 0 Å². The van der Waals surface area contributed by atoms with Crippen LogP contribution in [0.4, 0.5) is 0 Å². The van der Waals surface area contributed by atoms with E-state index in [-0.39, 0.29) is 11.7 Å². The number of rotatable bonds is 5. The van der Waals surface area contributed by atoms with Gasteiger partial charge in [0.1, 0.15) is 0 Å². The molecule has 1 unspecified atom stereocenters. The van der Waals surface area contributed by atoms with E-state index in [1.54, 1.807) is 0 Å². The third-order valence-corrected chi connectivity index (χ3v) is 6.74. The van der Waals surface area contributed by atoms with Crippen molar-refractivity contribution in [3.63, 3.8) is 0 Å². The highest BCUT2D eigenvalue weighted by molar-refractivity contribution is 5.76. The Kier molecular flexibility index (Phi) is 6.14. The highest BCUT2D eigenvalue weighted by atomic mass is 16.5. The first-order valence-corrected chi connectivity index (χ1v) is 10.8. The summed E-state index contributed by atoms with van der Waals surface area (Å²) < 4.78 is 12.4. The molecule has 0 N–H and O–H groups in total. The van der Waals surface area contributed by atoms with Gasteiger partial charge in [-0.2, -0.15) is 0 Å². The summed E-state index contributed by atoms with van der Waals surface area (Å²) in [5.74, 6) is 1.000. The summed E-state index contributed by atoms with van der Waals surface area (Å²) in [5.41, 5.74) is 1.15. The maximum Gasteiger partial charge on any atom is 0.222 e. The van der Waals surface area contributed by atoms with Gasteiger partial charge in [-0.15, -0.1) is 0 Å². The zero-order valence-corrected chi connectivity index (χ0v) is 16.4. The fraction of sp³-hybridized carbons (Fsp3) is 0.696. The van der Waals surface area contributed by atoms with E-state index in [1.807, 2.05) is 6.07 Å². The topological polar surface area (TPSA) is 38.8 Å². The molecule has 2 aliphatic heterocycles. The summed E-state index contributed by atoms with van der Waals surface area (Å²) in [5, 5.41) is 0. The van der Waals surface area contributed by atoms with Gasteiger partial charge in [-0.05, 0) is 43.6 Å². The van der Waals surface area contributed by atoms with Crippen LogP contribution in [0.3, 0.4) is 0 Å². The second-order valence-electron chi connectivity index (χ2n) is 8.68. The second-order valence-corrected chi connectivity index (χ2v) is 8.68. The third kappa shape index (κ3) is 4.91. The minimum Gasteiger partial charge on any atom is -0.375 e. The molecule has 1 aromatic rings. The van der Waals surface area contributed by atoms with Crippen LogP contribution in [0.15, 0.2) is 30.3 Å². The van der Waals surface area contributed by atoms with Crippen LogP contribution in [0.5, 0.6) is 0 Å². The molecule has 1 spiro atoms. The Morgan fingerprint density at radius 2 is 1.85 bits per heavy atom. The van der Waals surface area contributed by atoms with Crippen LogP contribution in [0.25, 0.3) is 0 Å². The van der Waals surface area contributed by atoms with E-state index in [9.17, 15) is 4.79 Å². The van der Waals surface area contributed by atoms with E-state index in [0.29, 0.717) is 18.4 Å². The van der Waals surface area contributed by atoms with Gasteiger partial charge in [0, 0.05) is 32.5 Å². The fourth-order valence-corrected chi connectivity index (χ4v) is 5.02. The largest absolute Gasteiger partial charge is 0.375 e. The number of hydrogen-bond donors (Lipinski definition) is 0. The zero-order valence-electron chi connectivity index (χ0n) is 16.4. The van der Waals surface area contributed by atoms with E-state index < -0.39 is 0 Å². The quantitative estimate of drug-likeness (QED) is 0.773. The minimum atomic E-state index is -0.0796. The number of carbonyl (C=O) groups excluding carboxylic acids is 1. The minimum absolute atomic E-state index is 0.0796. The Hall–Kier alpha value is -1.39. The summed E-state index contributed by atoms with van der Waals surface area (Å²) in [7, 11) is 0. The Labute approximate surface area is 163 Å². The lowest BCUT2D eigenvalue weighted by Gasteiger charge is -2.46. The van der Waals surface area contributed by atoms with Crippen molar-refractivity contribution in [2.75, 3.05) is 19.7 Å². The van der Waals surface area contributed by atoms with Gasteiger partial charge in [0.05, 0.1) is 18.3 Å². The standard InChI is InChI=1S/C23H33NO3/c25-22(16-19-6-4-5-7-19)24-13-11-23(12-14-24)17-21(10-15-27-23)26-18-20-8-2-1-3-9-20/h1-3,8-9,19,21H,4-7,10-18H2. The molecular formula is C23H33NO3. The molecule has 0 aromatic heterocycles. The van der Waals surface area contributed by atoms with E-state index in [1.165, 1.54) is 31.2 Å². The number of nitrogens with zero attached hydrogens (tertiary/aromatic N) is 1. The molecule has 1 amide bonds. The molecule has 2 heterocycles. The summed E-state index contributed by atoms with van der Waals surface area (Å²) in [6.45, 7) is 3.14. The van der Waals surface area contributed by atoms with Gasteiger partial charge in [0.15, 0.2) is 0 Å². The van der Waals surface area contributed by atoms with Crippen LogP contribution >= 0.6 is 0 Å². The first-order valence-electron chi connectivity index (χ1n) is 10.8. The third-order valence-electron chi connectivity index (χ3n) is 6.74. The fourth-order valence-electron chi connectivity index (χ4n) is 5.02. The molecule has 0 radical (unpaired) electrons. The van der Waals surface area contributed by atoms with Crippen molar-refractivity contribution in [1.82, 2.24) is 4.90 Å². The highest BCUT2D eigenvalue weighted by Gasteiger charge is 2.41. The summed E-state index contributed by atoms with van der Waals surface area (Å²) in [6, 6.07) is 10.4. The lowest BCUT2D eigenvalue weighted by atomic mass is 9.83. The normalized spacial score (nSPS) is 25.8. The summed E-state index contributed by atoms with van der Waals surface area (Å²) >= 11 is 0. The van der Waals surface area contributed by atoms with Crippen molar-refractivity contribution in [3.8, 4) is 0 Å². The van der Waals surface area contributed by atoms with Crippen LogP contribution < -0.4 is 0 Å². The van der Waals surface area contributed by atoms with E-state index >= 15 is 0 Å². The molecule has 1 aliphatic carbocycles. The van der Waals surface area contributed by atoms with Crippen molar-refractivity contribution in [3.05, 3.63) is 35.9 Å². The Balaban J connectivity index is 1.25. The maximum atomic E-state index is 12.6. The molecule has 4 heteroatoms. The van der Waals surface area contributed by atoms with E-state index in [2.05, 4.69) is 29.2 Å². The van der Waals surface area contributed by atoms with E-state index in [0.717, 1.165) is 51.8 Å². The van der Waals surface area contributed by atoms with Gasteiger partial charge in [-0.1, -0.05) is 43.2 Å². The number of ether oxygens (including phenoxy) is 2. The number of amides is 1. The maximum absolute atomic E-state index is 12.6. The van der Waals surface area contributed by atoms with Gasteiger partial charge in [-0.25, -0.2) is 0 Å². The molecule has 148 valence electrons. The number of piperidine rings is 1. The van der Waals surface area contributed by atoms with Crippen LogP contribution in [0, 0.1) is 5.92 Å². The zero-order chi connectivity index (χ0) is 18.5. The first-order chi connectivity index (χ1) is 13.2. The lowest BCUT2D eigenvalue weighted by Crippen LogP contribution is -2.52. The van der Waals surface area contributed by atoms with Crippen LogP contribution in [-0.4, -0.2) is 42.2 Å². The van der Waals surface area contributed by atoms with Gasteiger partial charge < -0.3 is 14.4 Å². The lowest BCUT2D eigenvalue weighted by molar-refractivity contribution is -0.163. The second kappa shape index (κ2) is 8.74. The van der Waals surface area contributed by atoms with Crippen molar-refractivity contribution < 1.29 is 14.3 Å². The Bertz CT molecular complexity index is 603. The summed E-state index contributed by atoms with van der Waals surface area (Å²) in [6.07, 6.45) is 9.96. The molecule has 27 heavy (non-hydrogen) atoms. The molecule has 0 bridgehead atoms. The highest BCUT2D eigenvalue weighted by Crippen LogP contribution is 2.37. The SMILES string of the molecule is O=C(CC1CCCC1)N1CCC2(CC1)CC(OCc1ccccc1)CCO2. The number of hydrogen-bond acceptors (Lipinski definition) is 3. The van der Waals surface area contributed by atoms with Crippen molar-refractivity contribution in [2.45, 2.75) is 76.1 Å². The molecule has 4 nitrogen and oxygen atoms in total. The first kappa shape index (κ1) is 18.9. The number of carbonyl (C=O) groups is 1. The van der Waals surface area contributed by atoms with Gasteiger partial charge in [0.2, 0.25) is 5.91 Å². The van der Waals surface area contributed by atoms with Crippen molar-refractivity contribution >= 4 is 5.91 Å². The predicted octanol–water partition coefficient (Wildman–Crippen LogP) is 4.32. The average Bonchev–Trinajstić information content (AvgIpc) is 3.21. The number of likely N-dealkylation sites (tertiary alicyclic amines) is 1. The predicted molar refractivity (Wildman–Crippen MR) is 105 cm³/mol. The van der Waals surface area contributed by atoms with Crippen LogP contribution in [0.2, 0.25) is 0 Å². The molecule has 1 atom stereocenters. The molecule has 3 fully saturated rings. The monoisotopic (exact) mass is 371 g/mol. The van der Waals surface area contributed by atoms with Crippen LogP contribution in [-0.2, 0) is 20.9 Å². The smallest absolute Gasteiger partial charge is 0.222 e. The average molecular weight is 372 g/mol. The molecule has 2 saturated heterocycles. The van der Waals surface area contributed by atoms with Gasteiger partial charge in [-0.3, -0.25) is 4.79 Å². The van der Waals surface area contributed by atoms with Crippen molar-refractivity contribution in [2.24, 2.45) is 5.92 Å². The molecular weight excluding hydrogens is 338 g/mol. The van der Waals surface area contributed by atoms with Crippen LogP contribution in [0.1, 0.15) is 63.4 Å². The summed E-state index contributed by atoms with van der Waals surface area (Å²) in [4.78, 5) is 14.7. The Morgan fingerprint density at radius 1 is 1.11 bits per heavy atom. The molecule has 1 aromatic carbocycles. The molecule has 3 aliphatic rings. The van der Waals surface area contributed by atoms with Gasteiger partial charge >= 0.3 is 0 Å². The van der Waals surface area contributed by atoms with E-state index in [4.69, 9.17) is 9.47 Å². The Morgan fingerprint density at radius 3 is 2.59 bits per heavy atom. The molecule has 4 rings (SSSR count). The number of benzene rings is 1. The van der Waals surface area contributed by atoms with Crippen molar-refractivity contribution in [1.29, 1.82) is 0 Å². The molecule has 1 saturated carbocycles.